The Morgan fingerprint density at radius 3 is 2.30 bits per heavy atom. The summed E-state index contributed by atoms with van der Waals surface area (Å²) >= 11 is 0. The Bertz CT molecular complexity index is 1040. The molecule has 33 heavy (non-hydrogen) atoms. The lowest BCUT2D eigenvalue weighted by molar-refractivity contribution is 0.100. The largest absolute Gasteiger partial charge is 0.497 e. The van der Waals surface area contributed by atoms with Crippen LogP contribution in [0.25, 0.3) is 0 Å². The van der Waals surface area contributed by atoms with Gasteiger partial charge in [0.15, 0.2) is 0 Å². The van der Waals surface area contributed by atoms with Crippen LogP contribution < -0.4 is 9.47 Å². The van der Waals surface area contributed by atoms with Gasteiger partial charge >= 0.3 is 0 Å². The first-order valence-electron chi connectivity index (χ1n) is 12.0. The molecule has 172 valence electrons. The summed E-state index contributed by atoms with van der Waals surface area (Å²) in [5, 5.41) is 0. The second kappa shape index (κ2) is 9.98. The number of para-hydroxylation sites is 1. The molecule has 0 saturated carbocycles. The van der Waals surface area contributed by atoms with Crippen molar-refractivity contribution >= 4 is 0 Å². The minimum Gasteiger partial charge on any atom is -0.497 e. The van der Waals surface area contributed by atoms with Crippen LogP contribution in [-0.2, 0) is 13.1 Å². The van der Waals surface area contributed by atoms with Gasteiger partial charge in [-0.1, -0.05) is 60.7 Å². The number of hydrogen-bond acceptors (Lipinski definition) is 4. The normalized spacial score (nSPS) is 23.3. The fourth-order valence-corrected chi connectivity index (χ4v) is 5.83. The third kappa shape index (κ3) is 4.78. The number of ether oxygens (including phenoxy) is 2. The second-order valence-corrected chi connectivity index (χ2v) is 9.36. The summed E-state index contributed by atoms with van der Waals surface area (Å²) in [6, 6.07) is 28.7. The van der Waals surface area contributed by atoms with Gasteiger partial charge in [0.1, 0.15) is 11.5 Å². The topological polar surface area (TPSA) is 24.9 Å². The Morgan fingerprint density at radius 1 is 0.788 bits per heavy atom. The van der Waals surface area contributed by atoms with Crippen LogP contribution in [0.1, 0.15) is 29.0 Å². The van der Waals surface area contributed by atoms with E-state index in [0.717, 1.165) is 44.2 Å². The predicted molar refractivity (Wildman–Crippen MR) is 133 cm³/mol. The van der Waals surface area contributed by atoms with Crippen LogP contribution in [0.5, 0.6) is 11.5 Å². The molecule has 4 nitrogen and oxygen atoms in total. The first-order chi connectivity index (χ1) is 16.2. The summed E-state index contributed by atoms with van der Waals surface area (Å²) in [7, 11) is 3.50. The number of rotatable bonds is 7. The first-order valence-corrected chi connectivity index (χ1v) is 12.0. The van der Waals surface area contributed by atoms with Crippen molar-refractivity contribution < 1.29 is 9.47 Å². The maximum Gasteiger partial charge on any atom is 0.123 e. The Morgan fingerprint density at radius 2 is 1.55 bits per heavy atom. The van der Waals surface area contributed by atoms with Gasteiger partial charge in [-0.25, -0.2) is 0 Å². The Balaban J connectivity index is 1.38. The van der Waals surface area contributed by atoms with Crippen LogP contribution in [0.2, 0.25) is 0 Å². The van der Waals surface area contributed by atoms with E-state index in [-0.39, 0.29) is 0 Å². The fourth-order valence-electron chi connectivity index (χ4n) is 5.83. The molecule has 0 unspecified atom stereocenters. The molecule has 2 aliphatic rings. The molecule has 5 rings (SSSR count). The van der Waals surface area contributed by atoms with Crippen LogP contribution in [-0.4, -0.2) is 49.7 Å². The van der Waals surface area contributed by atoms with Gasteiger partial charge in [0.25, 0.3) is 0 Å². The highest BCUT2D eigenvalue weighted by atomic mass is 16.5. The molecule has 0 aromatic heterocycles. The molecule has 2 fully saturated rings. The van der Waals surface area contributed by atoms with E-state index in [0.29, 0.717) is 17.9 Å². The zero-order valence-corrected chi connectivity index (χ0v) is 19.7. The van der Waals surface area contributed by atoms with Crippen molar-refractivity contribution in [3.8, 4) is 11.5 Å². The highest BCUT2D eigenvalue weighted by Gasteiger charge is 2.45. The van der Waals surface area contributed by atoms with Crippen LogP contribution in [0.3, 0.4) is 0 Å². The number of nitrogens with zero attached hydrogens (tertiary/aromatic N) is 2. The molecule has 0 bridgehead atoms. The molecule has 0 radical (unpaired) electrons. The number of likely N-dealkylation sites (tertiary alicyclic amines) is 2. The molecule has 3 atom stereocenters. The number of fused-ring (bicyclic) bond motifs is 1. The summed E-state index contributed by atoms with van der Waals surface area (Å²) in [5.74, 6) is 3.06. The minimum absolute atomic E-state index is 0.532. The highest BCUT2D eigenvalue weighted by Crippen LogP contribution is 2.43. The molecule has 2 aliphatic heterocycles. The monoisotopic (exact) mass is 442 g/mol. The molecule has 4 heteroatoms. The molecule has 0 N–H and O–H groups in total. The first kappa shape index (κ1) is 22.0. The smallest absolute Gasteiger partial charge is 0.123 e. The van der Waals surface area contributed by atoms with Gasteiger partial charge in [-0.3, -0.25) is 9.80 Å². The summed E-state index contributed by atoms with van der Waals surface area (Å²) in [6.07, 6.45) is 1.21. The maximum atomic E-state index is 5.62. The predicted octanol–water partition coefficient (Wildman–Crippen LogP) is 5.19. The fraction of sp³-hybridized carbons (Fsp3) is 0.379. The summed E-state index contributed by atoms with van der Waals surface area (Å²) < 4.78 is 11.0. The van der Waals surface area contributed by atoms with Gasteiger partial charge in [-0.2, -0.15) is 0 Å². The average molecular weight is 443 g/mol. The van der Waals surface area contributed by atoms with Crippen molar-refractivity contribution in [2.24, 2.45) is 5.92 Å². The summed E-state index contributed by atoms with van der Waals surface area (Å²) in [6.45, 7) is 5.33. The minimum atomic E-state index is 0.532. The van der Waals surface area contributed by atoms with E-state index in [1.165, 1.54) is 23.1 Å². The van der Waals surface area contributed by atoms with E-state index in [1.54, 1.807) is 14.2 Å². The van der Waals surface area contributed by atoms with Crippen LogP contribution in [0, 0.1) is 5.92 Å². The lowest BCUT2D eigenvalue weighted by Crippen LogP contribution is -2.46. The molecular weight excluding hydrogens is 408 g/mol. The van der Waals surface area contributed by atoms with E-state index in [1.807, 2.05) is 6.07 Å². The molecule has 3 aromatic carbocycles. The molecule has 0 amide bonds. The SMILES string of the molecule is COc1ccc([C@H]2CN(Cc3ccccc3)[C@@H]3CCN(Cc4ccccc4OC)C[C@H]23)cc1. The van der Waals surface area contributed by atoms with Gasteiger partial charge in [0.2, 0.25) is 0 Å². The maximum absolute atomic E-state index is 5.62. The number of methoxy groups -OCH3 is 2. The van der Waals surface area contributed by atoms with E-state index in [4.69, 9.17) is 9.47 Å². The lowest BCUT2D eigenvalue weighted by Gasteiger charge is -2.39. The van der Waals surface area contributed by atoms with Crippen molar-refractivity contribution in [3.63, 3.8) is 0 Å². The molecular formula is C29H34N2O2. The third-order valence-electron chi connectivity index (χ3n) is 7.48. The number of piperidine rings is 1. The van der Waals surface area contributed by atoms with Gasteiger partial charge in [0, 0.05) is 43.7 Å². The van der Waals surface area contributed by atoms with Crippen molar-refractivity contribution in [2.45, 2.75) is 31.5 Å². The van der Waals surface area contributed by atoms with E-state index in [2.05, 4.69) is 82.6 Å². The average Bonchev–Trinajstić information content (AvgIpc) is 3.22. The molecule has 0 spiro atoms. The zero-order chi connectivity index (χ0) is 22.6. The van der Waals surface area contributed by atoms with Gasteiger partial charge in [-0.15, -0.1) is 0 Å². The van der Waals surface area contributed by atoms with Crippen molar-refractivity contribution in [1.82, 2.24) is 9.80 Å². The van der Waals surface area contributed by atoms with Crippen molar-refractivity contribution in [2.75, 3.05) is 33.9 Å². The Kier molecular flexibility index (Phi) is 6.65. The van der Waals surface area contributed by atoms with Gasteiger partial charge in [-0.05, 0) is 48.2 Å². The van der Waals surface area contributed by atoms with Crippen LogP contribution >= 0.6 is 0 Å². The Hall–Kier alpha value is -2.82. The van der Waals surface area contributed by atoms with Gasteiger partial charge in [0.05, 0.1) is 14.2 Å². The van der Waals surface area contributed by atoms with Crippen molar-refractivity contribution in [3.05, 3.63) is 95.6 Å². The number of hydrogen-bond donors (Lipinski definition) is 0. The van der Waals surface area contributed by atoms with Crippen molar-refractivity contribution in [1.29, 1.82) is 0 Å². The summed E-state index contributed by atoms with van der Waals surface area (Å²) in [5.41, 5.74) is 4.11. The molecule has 0 aliphatic carbocycles. The molecule has 2 saturated heterocycles. The van der Waals surface area contributed by atoms with E-state index >= 15 is 0 Å². The highest BCUT2D eigenvalue weighted by molar-refractivity contribution is 5.34. The standard InChI is InChI=1S/C29H34N2O2/c1-32-25-14-12-23(13-15-25)26-21-31(18-22-8-4-3-5-9-22)28-16-17-30(20-27(26)28)19-24-10-6-7-11-29(24)33-2/h3-15,26-28H,16-21H2,1-2H3/t26-,27-,28-/m1/s1. The van der Waals surface area contributed by atoms with Crippen LogP contribution in [0.15, 0.2) is 78.9 Å². The van der Waals surface area contributed by atoms with E-state index < -0.39 is 0 Å². The quantitative estimate of drug-likeness (QED) is 0.503. The number of benzene rings is 3. The lowest BCUT2D eigenvalue weighted by atomic mass is 9.81. The third-order valence-corrected chi connectivity index (χ3v) is 7.48. The molecule has 2 heterocycles. The Labute approximate surface area is 197 Å². The summed E-state index contributed by atoms with van der Waals surface area (Å²) in [4.78, 5) is 5.36. The molecule has 3 aromatic rings. The van der Waals surface area contributed by atoms with E-state index in [9.17, 15) is 0 Å². The van der Waals surface area contributed by atoms with Gasteiger partial charge < -0.3 is 9.47 Å². The zero-order valence-electron chi connectivity index (χ0n) is 19.7. The van der Waals surface area contributed by atoms with Crippen LogP contribution in [0.4, 0.5) is 0 Å². The second-order valence-electron chi connectivity index (χ2n) is 9.36.